The molecule has 0 unspecified atom stereocenters. The predicted molar refractivity (Wildman–Crippen MR) is 96.2 cm³/mol. The number of carbonyl (C=O) groups excluding carboxylic acids is 2. The van der Waals surface area contributed by atoms with Crippen molar-refractivity contribution in [1.82, 2.24) is 0 Å². The standard InChI is InChI=1S/C18H18ClNO6/c1-10(17(22)20-14-8-11(19)4-7-16(14)25-3)26-18(23)13-9-12(24-2)5-6-15(13)21/h4-10,21H,1-3H3,(H,20,22)/t10-/m1/s1. The maximum atomic E-state index is 12.3. The Kier molecular flexibility index (Phi) is 6.30. The van der Waals surface area contributed by atoms with E-state index in [9.17, 15) is 14.7 Å². The average molecular weight is 380 g/mol. The van der Waals surface area contributed by atoms with E-state index in [-0.39, 0.29) is 11.3 Å². The fourth-order valence-corrected chi connectivity index (χ4v) is 2.27. The Morgan fingerprint density at radius 2 is 1.85 bits per heavy atom. The number of phenols is 1. The van der Waals surface area contributed by atoms with Crippen molar-refractivity contribution >= 4 is 29.2 Å². The van der Waals surface area contributed by atoms with E-state index in [0.717, 1.165) is 0 Å². The summed E-state index contributed by atoms with van der Waals surface area (Å²) in [6.07, 6.45) is -1.13. The minimum absolute atomic E-state index is 0.107. The summed E-state index contributed by atoms with van der Waals surface area (Å²) < 4.78 is 15.3. The summed E-state index contributed by atoms with van der Waals surface area (Å²) in [5, 5.41) is 12.8. The van der Waals surface area contributed by atoms with Crippen LogP contribution >= 0.6 is 11.6 Å². The van der Waals surface area contributed by atoms with Crippen LogP contribution in [0, 0.1) is 0 Å². The molecule has 26 heavy (non-hydrogen) atoms. The molecule has 2 rings (SSSR count). The van der Waals surface area contributed by atoms with E-state index in [4.69, 9.17) is 25.8 Å². The highest BCUT2D eigenvalue weighted by molar-refractivity contribution is 6.31. The largest absolute Gasteiger partial charge is 0.507 e. The highest BCUT2D eigenvalue weighted by Gasteiger charge is 2.22. The van der Waals surface area contributed by atoms with Gasteiger partial charge in [0.05, 0.1) is 19.9 Å². The Morgan fingerprint density at radius 3 is 2.50 bits per heavy atom. The molecule has 0 heterocycles. The van der Waals surface area contributed by atoms with Crippen molar-refractivity contribution in [3.63, 3.8) is 0 Å². The molecule has 2 aromatic carbocycles. The van der Waals surface area contributed by atoms with Crippen molar-refractivity contribution in [2.75, 3.05) is 19.5 Å². The van der Waals surface area contributed by atoms with Crippen LogP contribution in [0.5, 0.6) is 17.2 Å². The lowest BCUT2D eigenvalue weighted by Crippen LogP contribution is -2.30. The third-order valence-corrected chi connectivity index (χ3v) is 3.73. The highest BCUT2D eigenvalue weighted by Crippen LogP contribution is 2.28. The summed E-state index contributed by atoms with van der Waals surface area (Å²) in [4.78, 5) is 24.5. The lowest BCUT2D eigenvalue weighted by molar-refractivity contribution is -0.123. The van der Waals surface area contributed by atoms with Gasteiger partial charge in [0.1, 0.15) is 22.8 Å². The topological polar surface area (TPSA) is 94.1 Å². The maximum absolute atomic E-state index is 12.3. The second kappa shape index (κ2) is 8.44. The van der Waals surface area contributed by atoms with E-state index < -0.39 is 18.0 Å². The van der Waals surface area contributed by atoms with Gasteiger partial charge in [-0.2, -0.15) is 0 Å². The fraction of sp³-hybridized carbons (Fsp3) is 0.222. The van der Waals surface area contributed by atoms with Crippen LogP contribution in [-0.4, -0.2) is 37.3 Å². The van der Waals surface area contributed by atoms with E-state index >= 15 is 0 Å². The van der Waals surface area contributed by atoms with Crippen molar-refractivity contribution in [3.8, 4) is 17.2 Å². The van der Waals surface area contributed by atoms with Gasteiger partial charge in [-0.15, -0.1) is 0 Å². The molecule has 0 saturated heterocycles. The molecular weight excluding hydrogens is 362 g/mol. The van der Waals surface area contributed by atoms with Gasteiger partial charge in [-0.3, -0.25) is 4.79 Å². The molecule has 138 valence electrons. The quantitative estimate of drug-likeness (QED) is 0.748. The van der Waals surface area contributed by atoms with Gasteiger partial charge in [0.15, 0.2) is 6.10 Å². The predicted octanol–water partition coefficient (Wildman–Crippen LogP) is 3.25. The molecule has 0 bridgehead atoms. The van der Waals surface area contributed by atoms with Gasteiger partial charge in [-0.05, 0) is 43.3 Å². The number of hydrogen-bond acceptors (Lipinski definition) is 6. The molecular formula is C18H18ClNO6. The summed E-state index contributed by atoms with van der Waals surface area (Å²) in [6.45, 7) is 1.40. The number of benzene rings is 2. The van der Waals surface area contributed by atoms with Crippen LogP contribution in [0.3, 0.4) is 0 Å². The molecule has 1 atom stereocenters. The molecule has 0 radical (unpaired) electrons. The van der Waals surface area contributed by atoms with Gasteiger partial charge in [-0.25, -0.2) is 4.79 Å². The highest BCUT2D eigenvalue weighted by atomic mass is 35.5. The Bertz CT molecular complexity index is 823. The number of aromatic hydroxyl groups is 1. The van der Waals surface area contributed by atoms with Gasteiger partial charge in [0.25, 0.3) is 5.91 Å². The van der Waals surface area contributed by atoms with Gasteiger partial charge < -0.3 is 24.6 Å². The molecule has 0 fully saturated rings. The summed E-state index contributed by atoms with van der Waals surface area (Å²) in [5.74, 6) is -0.939. The SMILES string of the molecule is COc1ccc(O)c(C(=O)O[C@H](C)C(=O)Nc2cc(Cl)ccc2OC)c1. The third-order valence-electron chi connectivity index (χ3n) is 3.50. The van der Waals surface area contributed by atoms with Crippen molar-refractivity contribution in [3.05, 3.63) is 47.0 Å². The normalized spacial score (nSPS) is 11.4. The number of ether oxygens (including phenoxy) is 3. The number of amides is 1. The smallest absolute Gasteiger partial charge is 0.342 e. The van der Waals surface area contributed by atoms with Crippen LogP contribution in [0.1, 0.15) is 17.3 Å². The molecule has 0 aromatic heterocycles. The minimum Gasteiger partial charge on any atom is -0.507 e. The molecule has 7 nitrogen and oxygen atoms in total. The lowest BCUT2D eigenvalue weighted by atomic mass is 10.2. The Hall–Kier alpha value is -2.93. The van der Waals surface area contributed by atoms with E-state index in [0.29, 0.717) is 22.2 Å². The van der Waals surface area contributed by atoms with Crippen molar-refractivity contribution in [1.29, 1.82) is 0 Å². The first-order valence-electron chi connectivity index (χ1n) is 7.58. The number of halogens is 1. The number of phenolic OH excluding ortho intramolecular Hbond substituents is 1. The third kappa shape index (κ3) is 4.58. The molecule has 0 aliphatic heterocycles. The van der Waals surface area contributed by atoms with E-state index in [1.165, 1.54) is 45.4 Å². The van der Waals surface area contributed by atoms with Crippen molar-refractivity contribution in [2.24, 2.45) is 0 Å². The van der Waals surface area contributed by atoms with Crippen molar-refractivity contribution < 1.29 is 28.9 Å². The molecule has 8 heteroatoms. The number of rotatable bonds is 6. The average Bonchev–Trinajstić information content (AvgIpc) is 2.62. The van der Waals surface area contributed by atoms with Crippen LogP contribution in [0.25, 0.3) is 0 Å². The van der Waals surface area contributed by atoms with Crippen molar-refractivity contribution in [2.45, 2.75) is 13.0 Å². The summed E-state index contributed by atoms with van der Waals surface area (Å²) in [7, 11) is 2.88. The number of methoxy groups -OCH3 is 2. The summed E-state index contributed by atoms with van der Waals surface area (Å²) in [5.41, 5.74) is 0.237. The van der Waals surface area contributed by atoms with Crippen LogP contribution in [0.4, 0.5) is 5.69 Å². The minimum atomic E-state index is -1.13. The summed E-state index contributed by atoms with van der Waals surface area (Å²) >= 11 is 5.92. The first-order valence-corrected chi connectivity index (χ1v) is 7.96. The van der Waals surface area contributed by atoms with E-state index in [1.54, 1.807) is 12.1 Å². The molecule has 0 saturated carbocycles. The molecule has 0 aliphatic rings. The lowest BCUT2D eigenvalue weighted by Gasteiger charge is -2.16. The Morgan fingerprint density at radius 1 is 1.12 bits per heavy atom. The van der Waals surface area contributed by atoms with Gasteiger partial charge >= 0.3 is 5.97 Å². The second-order valence-electron chi connectivity index (χ2n) is 5.26. The Balaban J connectivity index is 2.10. The Labute approximate surface area is 155 Å². The van der Waals surface area contributed by atoms with Crippen LogP contribution in [-0.2, 0) is 9.53 Å². The number of esters is 1. The first kappa shape index (κ1) is 19.4. The number of nitrogens with one attached hydrogen (secondary N) is 1. The zero-order chi connectivity index (χ0) is 19.3. The fourth-order valence-electron chi connectivity index (χ4n) is 2.10. The van der Waals surface area contributed by atoms with Crippen LogP contribution in [0.2, 0.25) is 5.02 Å². The maximum Gasteiger partial charge on any atom is 0.342 e. The second-order valence-corrected chi connectivity index (χ2v) is 5.70. The van der Waals surface area contributed by atoms with Gasteiger partial charge in [0, 0.05) is 5.02 Å². The number of hydrogen-bond donors (Lipinski definition) is 2. The zero-order valence-electron chi connectivity index (χ0n) is 14.4. The molecule has 0 spiro atoms. The van der Waals surface area contributed by atoms with E-state index in [2.05, 4.69) is 5.32 Å². The van der Waals surface area contributed by atoms with Gasteiger partial charge in [-0.1, -0.05) is 11.6 Å². The first-order chi connectivity index (χ1) is 12.3. The molecule has 2 aromatic rings. The number of anilines is 1. The number of carbonyl (C=O) groups is 2. The van der Waals surface area contributed by atoms with E-state index in [1.807, 2.05) is 0 Å². The molecule has 1 amide bonds. The molecule has 2 N–H and O–H groups in total. The van der Waals surface area contributed by atoms with Crippen LogP contribution < -0.4 is 14.8 Å². The zero-order valence-corrected chi connectivity index (χ0v) is 15.2. The van der Waals surface area contributed by atoms with Gasteiger partial charge in [0.2, 0.25) is 0 Å². The van der Waals surface area contributed by atoms with Crippen LogP contribution in [0.15, 0.2) is 36.4 Å². The molecule has 0 aliphatic carbocycles. The summed E-state index contributed by atoms with van der Waals surface area (Å²) in [6, 6.07) is 8.85. The monoisotopic (exact) mass is 379 g/mol.